The lowest BCUT2D eigenvalue weighted by atomic mass is 9.96. The van der Waals surface area contributed by atoms with Gasteiger partial charge in [0, 0.05) is 9.75 Å². The summed E-state index contributed by atoms with van der Waals surface area (Å²) in [5, 5.41) is 4.29. The maximum Gasteiger partial charge on any atom is 0.0302 e. The zero-order valence-corrected chi connectivity index (χ0v) is 10.5. The van der Waals surface area contributed by atoms with Crippen molar-refractivity contribution in [2.75, 3.05) is 0 Å². The van der Waals surface area contributed by atoms with Gasteiger partial charge in [0.15, 0.2) is 0 Å². The lowest BCUT2D eigenvalue weighted by molar-refractivity contribution is 1.08. The SMILES string of the molecule is C1=C(c2cccs2)CCC(c2cccs2)=C1. The topological polar surface area (TPSA) is 0 Å². The predicted molar refractivity (Wildman–Crippen MR) is 73.8 cm³/mol. The Morgan fingerprint density at radius 1 is 0.750 bits per heavy atom. The van der Waals surface area contributed by atoms with Crippen molar-refractivity contribution < 1.29 is 0 Å². The van der Waals surface area contributed by atoms with Gasteiger partial charge >= 0.3 is 0 Å². The fourth-order valence-electron chi connectivity index (χ4n) is 1.97. The summed E-state index contributed by atoms with van der Waals surface area (Å²) in [4.78, 5) is 2.84. The van der Waals surface area contributed by atoms with Crippen LogP contribution in [0.2, 0.25) is 0 Å². The summed E-state index contributed by atoms with van der Waals surface area (Å²) < 4.78 is 0. The number of allylic oxidation sites excluding steroid dienone is 4. The highest BCUT2D eigenvalue weighted by Gasteiger charge is 2.10. The molecule has 0 fully saturated rings. The summed E-state index contributed by atoms with van der Waals surface area (Å²) in [5.74, 6) is 0. The summed E-state index contributed by atoms with van der Waals surface area (Å²) in [6.07, 6.45) is 6.91. The summed E-state index contributed by atoms with van der Waals surface area (Å²) in [6.45, 7) is 0. The molecule has 0 N–H and O–H groups in total. The minimum atomic E-state index is 1.17. The van der Waals surface area contributed by atoms with Crippen molar-refractivity contribution in [3.05, 3.63) is 56.9 Å². The molecular weight excluding hydrogens is 232 g/mol. The van der Waals surface area contributed by atoms with Crippen LogP contribution < -0.4 is 0 Å². The second kappa shape index (κ2) is 4.40. The van der Waals surface area contributed by atoms with Crippen LogP contribution in [0.3, 0.4) is 0 Å². The van der Waals surface area contributed by atoms with E-state index in [2.05, 4.69) is 47.2 Å². The minimum Gasteiger partial charge on any atom is -0.144 e. The average Bonchev–Trinajstić information content (AvgIpc) is 3.03. The van der Waals surface area contributed by atoms with Crippen LogP contribution in [0, 0.1) is 0 Å². The number of hydrogen-bond acceptors (Lipinski definition) is 2. The van der Waals surface area contributed by atoms with Crippen LogP contribution in [0.1, 0.15) is 22.6 Å². The molecule has 2 heterocycles. The second-order valence-electron chi connectivity index (χ2n) is 3.84. The average molecular weight is 244 g/mol. The summed E-state index contributed by atoms with van der Waals surface area (Å²) in [7, 11) is 0. The van der Waals surface area contributed by atoms with Crippen LogP contribution in [0.25, 0.3) is 11.1 Å². The summed E-state index contributed by atoms with van der Waals surface area (Å²) in [5.41, 5.74) is 2.96. The first-order valence-corrected chi connectivity index (χ1v) is 7.17. The third kappa shape index (κ3) is 1.91. The number of rotatable bonds is 2. The molecule has 0 nitrogen and oxygen atoms in total. The third-order valence-electron chi connectivity index (χ3n) is 2.82. The Morgan fingerprint density at radius 2 is 1.25 bits per heavy atom. The molecule has 0 aromatic carbocycles. The first kappa shape index (κ1) is 10.1. The highest BCUT2D eigenvalue weighted by molar-refractivity contribution is 7.11. The minimum absolute atomic E-state index is 1.17. The van der Waals surface area contributed by atoms with Crippen molar-refractivity contribution >= 4 is 33.8 Å². The van der Waals surface area contributed by atoms with E-state index < -0.39 is 0 Å². The molecule has 2 heteroatoms. The molecule has 0 atom stereocenters. The van der Waals surface area contributed by atoms with Gasteiger partial charge < -0.3 is 0 Å². The van der Waals surface area contributed by atoms with Gasteiger partial charge in [0.25, 0.3) is 0 Å². The normalized spacial score (nSPS) is 15.8. The summed E-state index contributed by atoms with van der Waals surface area (Å²) >= 11 is 3.67. The molecule has 1 aliphatic carbocycles. The van der Waals surface area contributed by atoms with Crippen molar-refractivity contribution in [2.24, 2.45) is 0 Å². The van der Waals surface area contributed by atoms with E-state index in [-0.39, 0.29) is 0 Å². The first-order chi connectivity index (χ1) is 7.93. The maximum atomic E-state index is 2.28. The van der Waals surface area contributed by atoms with Crippen molar-refractivity contribution in [1.29, 1.82) is 0 Å². The molecule has 0 saturated heterocycles. The Labute approximate surface area is 104 Å². The largest absolute Gasteiger partial charge is 0.144 e. The molecule has 0 spiro atoms. The van der Waals surface area contributed by atoms with E-state index in [1.54, 1.807) is 0 Å². The fourth-order valence-corrected chi connectivity index (χ4v) is 3.54. The van der Waals surface area contributed by atoms with Crippen molar-refractivity contribution in [2.45, 2.75) is 12.8 Å². The Balaban J connectivity index is 1.88. The molecular formula is C14H12S2. The Morgan fingerprint density at radius 3 is 1.56 bits per heavy atom. The maximum absolute atomic E-state index is 2.28. The van der Waals surface area contributed by atoms with E-state index in [0.29, 0.717) is 0 Å². The summed E-state index contributed by atoms with van der Waals surface area (Å²) in [6, 6.07) is 8.67. The Kier molecular flexibility index (Phi) is 2.77. The van der Waals surface area contributed by atoms with Crippen LogP contribution in [0.15, 0.2) is 47.2 Å². The predicted octanol–water partition coefficient (Wildman–Crippen LogP) is 5.07. The highest BCUT2D eigenvalue weighted by atomic mass is 32.1. The van der Waals surface area contributed by atoms with E-state index in [1.165, 1.54) is 33.7 Å². The molecule has 0 amide bonds. The zero-order valence-electron chi connectivity index (χ0n) is 8.85. The van der Waals surface area contributed by atoms with Crippen LogP contribution in [-0.4, -0.2) is 0 Å². The van der Waals surface area contributed by atoms with Crippen LogP contribution in [0.4, 0.5) is 0 Å². The van der Waals surface area contributed by atoms with Crippen molar-refractivity contribution in [3.63, 3.8) is 0 Å². The van der Waals surface area contributed by atoms with Crippen LogP contribution >= 0.6 is 22.7 Å². The van der Waals surface area contributed by atoms with E-state index in [0.717, 1.165) is 0 Å². The molecule has 0 saturated carbocycles. The molecule has 2 aromatic heterocycles. The number of thiophene rings is 2. The molecule has 1 aliphatic rings. The Bertz CT molecular complexity index is 463. The van der Waals surface area contributed by atoms with E-state index in [1.807, 2.05) is 22.7 Å². The van der Waals surface area contributed by atoms with Crippen LogP contribution in [-0.2, 0) is 0 Å². The van der Waals surface area contributed by atoms with Crippen LogP contribution in [0.5, 0.6) is 0 Å². The van der Waals surface area contributed by atoms with Gasteiger partial charge in [-0.3, -0.25) is 0 Å². The van der Waals surface area contributed by atoms with E-state index >= 15 is 0 Å². The van der Waals surface area contributed by atoms with Gasteiger partial charge in [-0.15, -0.1) is 22.7 Å². The van der Waals surface area contributed by atoms with E-state index in [9.17, 15) is 0 Å². The lowest BCUT2D eigenvalue weighted by Crippen LogP contribution is -1.90. The van der Waals surface area contributed by atoms with Gasteiger partial charge in [-0.1, -0.05) is 24.3 Å². The Hall–Kier alpha value is -1.12. The third-order valence-corrected chi connectivity index (χ3v) is 4.72. The zero-order chi connectivity index (χ0) is 10.8. The van der Waals surface area contributed by atoms with Gasteiger partial charge in [0.2, 0.25) is 0 Å². The van der Waals surface area contributed by atoms with Gasteiger partial charge in [0.05, 0.1) is 0 Å². The molecule has 16 heavy (non-hydrogen) atoms. The highest BCUT2D eigenvalue weighted by Crippen LogP contribution is 2.34. The lowest BCUT2D eigenvalue weighted by Gasteiger charge is -2.12. The monoisotopic (exact) mass is 244 g/mol. The fraction of sp³-hybridized carbons (Fsp3) is 0.143. The van der Waals surface area contributed by atoms with Gasteiger partial charge in [-0.25, -0.2) is 0 Å². The van der Waals surface area contributed by atoms with Gasteiger partial charge in [-0.2, -0.15) is 0 Å². The van der Waals surface area contributed by atoms with E-state index in [4.69, 9.17) is 0 Å². The smallest absolute Gasteiger partial charge is 0.0302 e. The van der Waals surface area contributed by atoms with Crippen molar-refractivity contribution in [1.82, 2.24) is 0 Å². The van der Waals surface area contributed by atoms with Gasteiger partial charge in [0.1, 0.15) is 0 Å². The molecule has 2 aromatic rings. The molecule has 0 radical (unpaired) electrons. The molecule has 0 unspecified atom stereocenters. The first-order valence-electron chi connectivity index (χ1n) is 5.41. The molecule has 0 bridgehead atoms. The quantitative estimate of drug-likeness (QED) is 0.692. The molecule has 3 rings (SSSR count). The second-order valence-corrected chi connectivity index (χ2v) is 5.73. The van der Waals surface area contributed by atoms with Gasteiger partial charge in [-0.05, 0) is 46.9 Å². The molecule has 80 valence electrons. The van der Waals surface area contributed by atoms with Crippen molar-refractivity contribution in [3.8, 4) is 0 Å². The molecule has 0 aliphatic heterocycles. The standard InChI is InChI=1S/C14H12S2/c1-3-13(15-9-1)11-5-7-12(8-6-11)14-4-2-10-16-14/h1-5,7,9-10H,6,8H2. The number of hydrogen-bond donors (Lipinski definition) is 0.